The molecule has 0 aliphatic rings. The van der Waals surface area contributed by atoms with Crippen molar-refractivity contribution in [2.24, 2.45) is 5.73 Å². The molecular weight excluding hydrogens is 125 g/mol. The molecule has 48 valence electrons. The van der Waals surface area contributed by atoms with Crippen molar-refractivity contribution in [2.45, 2.75) is 0 Å². The normalized spacial score (nSPS) is 9.25. The van der Waals surface area contributed by atoms with Crippen LogP contribution in [0.4, 0.5) is 4.39 Å². The van der Waals surface area contributed by atoms with E-state index in [2.05, 4.69) is 6.58 Å². The Morgan fingerprint density at radius 2 is 2.38 bits per heavy atom. The molecule has 0 unspecified atom stereocenters. The standard InChI is InChI=1S/C5H10FNS/c1-5(6)4-8-3-2-7/h1-4,7H2. The summed E-state index contributed by atoms with van der Waals surface area (Å²) in [5.74, 6) is 0.920. The summed E-state index contributed by atoms with van der Waals surface area (Å²) < 4.78 is 11.8. The van der Waals surface area contributed by atoms with E-state index >= 15 is 0 Å². The highest BCUT2D eigenvalue weighted by molar-refractivity contribution is 7.99. The van der Waals surface area contributed by atoms with Gasteiger partial charge in [0.25, 0.3) is 0 Å². The lowest BCUT2D eigenvalue weighted by atomic mass is 10.7. The highest BCUT2D eigenvalue weighted by Crippen LogP contribution is 2.04. The SMILES string of the molecule is C=C(F)CSCCN. The molecule has 1 nitrogen and oxygen atoms in total. The van der Waals surface area contributed by atoms with Gasteiger partial charge >= 0.3 is 0 Å². The maximum absolute atomic E-state index is 11.8. The minimum Gasteiger partial charge on any atom is -0.330 e. The largest absolute Gasteiger partial charge is 0.330 e. The quantitative estimate of drug-likeness (QED) is 0.585. The van der Waals surface area contributed by atoms with E-state index in [1.165, 1.54) is 11.8 Å². The molecule has 0 aromatic heterocycles. The van der Waals surface area contributed by atoms with E-state index in [4.69, 9.17) is 5.73 Å². The van der Waals surface area contributed by atoms with Gasteiger partial charge in [-0.1, -0.05) is 6.58 Å². The fourth-order valence-corrected chi connectivity index (χ4v) is 0.799. The molecule has 0 saturated heterocycles. The highest BCUT2D eigenvalue weighted by atomic mass is 32.2. The third-order valence-corrected chi connectivity index (χ3v) is 1.56. The van der Waals surface area contributed by atoms with Gasteiger partial charge in [-0.2, -0.15) is 11.8 Å². The summed E-state index contributed by atoms with van der Waals surface area (Å²) in [6.45, 7) is 3.71. The first-order valence-electron chi connectivity index (χ1n) is 2.38. The molecule has 2 N–H and O–H groups in total. The van der Waals surface area contributed by atoms with Crippen molar-refractivity contribution in [2.75, 3.05) is 18.1 Å². The summed E-state index contributed by atoms with van der Waals surface area (Å²) in [6, 6.07) is 0. The average Bonchev–Trinajstić information content (AvgIpc) is 1.66. The summed E-state index contributed by atoms with van der Waals surface area (Å²) in [4.78, 5) is 0. The molecule has 0 rings (SSSR count). The molecule has 0 atom stereocenters. The molecule has 0 radical (unpaired) electrons. The Kier molecular flexibility index (Phi) is 5.11. The van der Waals surface area contributed by atoms with Gasteiger partial charge in [0.1, 0.15) is 5.83 Å². The second-order valence-corrected chi connectivity index (χ2v) is 2.46. The molecule has 0 aromatic rings. The maximum atomic E-state index is 11.8. The number of nitrogens with two attached hydrogens (primary N) is 1. The van der Waals surface area contributed by atoms with E-state index in [0.29, 0.717) is 12.3 Å². The number of rotatable bonds is 4. The summed E-state index contributed by atoms with van der Waals surface area (Å²) >= 11 is 1.46. The van der Waals surface area contributed by atoms with E-state index in [0.717, 1.165) is 5.75 Å². The molecular formula is C5H10FNS. The van der Waals surface area contributed by atoms with Crippen LogP contribution in [0.15, 0.2) is 12.4 Å². The summed E-state index contributed by atoms with van der Waals surface area (Å²) in [5.41, 5.74) is 5.14. The topological polar surface area (TPSA) is 26.0 Å². The fraction of sp³-hybridized carbons (Fsp3) is 0.600. The monoisotopic (exact) mass is 135 g/mol. The van der Waals surface area contributed by atoms with Crippen LogP contribution in [-0.4, -0.2) is 18.1 Å². The lowest BCUT2D eigenvalue weighted by Gasteiger charge is -1.92. The minimum absolute atomic E-state index is 0.275. The number of hydrogen-bond acceptors (Lipinski definition) is 2. The molecule has 3 heteroatoms. The van der Waals surface area contributed by atoms with Crippen molar-refractivity contribution < 1.29 is 4.39 Å². The van der Waals surface area contributed by atoms with Gasteiger partial charge < -0.3 is 5.73 Å². The van der Waals surface area contributed by atoms with Crippen LogP contribution in [0.3, 0.4) is 0 Å². The van der Waals surface area contributed by atoms with Gasteiger partial charge in [-0.05, 0) is 0 Å². The Morgan fingerprint density at radius 1 is 1.75 bits per heavy atom. The molecule has 0 heterocycles. The lowest BCUT2D eigenvalue weighted by molar-refractivity contribution is 0.649. The summed E-state index contributed by atoms with van der Waals surface area (Å²) in [6.07, 6.45) is 0. The molecule has 0 fully saturated rings. The zero-order valence-corrected chi connectivity index (χ0v) is 5.51. The lowest BCUT2D eigenvalue weighted by Crippen LogP contribution is -2.01. The third kappa shape index (κ3) is 5.98. The van der Waals surface area contributed by atoms with Crippen LogP contribution in [0.25, 0.3) is 0 Å². The summed E-state index contributed by atoms with van der Waals surface area (Å²) in [5, 5.41) is 0. The molecule has 0 saturated carbocycles. The van der Waals surface area contributed by atoms with Crippen LogP contribution in [0, 0.1) is 0 Å². The zero-order valence-electron chi connectivity index (χ0n) is 4.69. The molecule has 0 spiro atoms. The average molecular weight is 135 g/mol. The van der Waals surface area contributed by atoms with Gasteiger partial charge in [-0.3, -0.25) is 0 Å². The van der Waals surface area contributed by atoms with Crippen molar-refractivity contribution in [3.05, 3.63) is 12.4 Å². The Labute approximate surface area is 53.1 Å². The first-order valence-corrected chi connectivity index (χ1v) is 3.54. The number of halogens is 1. The van der Waals surface area contributed by atoms with Gasteiger partial charge in [-0.25, -0.2) is 4.39 Å². The Morgan fingerprint density at radius 3 is 2.75 bits per heavy atom. The first kappa shape index (κ1) is 7.98. The summed E-state index contributed by atoms with van der Waals surface area (Å²) in [7, 11) is 0. The third-order valence-electron chi connectivity index (χ3n) is 0.521. The fourth-order valence-electron chi connectivity index (χ4n) is 0.266. The van der Waals surface area contributed by atoms with Crippen LogP contribution in [-0.2, 0) is 0 Å². The van der Waals surface area contributed by atoms with Gasteiger partial charge in [-0.15, -0.1) is 0 Å². The predicted molar refractivity (Wildman–Crippen MR) is 36.6 cm³/mol. The van der Waals surface area contributed by atoms with E-state index in [1.807, 2.05) is 0 Å². The van der Waals surface area contributed by atoms with E-state index in [1.54, 1.807) is 0 Å². The van der Waals surface area contributed by atoms with Gasteiger partial charge in [0, 0.05) is 18.1 Å². The van der Waals surface area contributed by atoms with Crippen LogP contribution in [0.5, 0.6) is 0 Å². The second kappa shape index (κ2) is 5.12. The highest BCUT2D eigenvalue weighted by Gasteiger charge is 1.88. The maximum Gasteiger partial charge on any atom is 0.103 e. The van der Waals surface area contributed by atoms with Gasteiger partial charge in [0.05, 0.1) is 0 Å². The van der Waals surface area contributed by atoms with Crippen LogP contribution in [0.2, 0.25) is 0 Å². The molecule has 8 heavy (non-hydrogen) atoms. The van der Waals surface area contributed by atoms with Crippen molar-refractivity contribution in [1.82, 2.24) is 0 Å². The molecule has 0 bridgehead atoms. The number of hydrogen-bond donors (Lipinski definition) is 1. The van der Waals surface area contributed by atoms with Gasteiger partial charge in [0.15, 0.2) is 0 Å². The predicted octanol–water partition coefficient (Wildman–Crippen LogP) is 1.16. The minimum atomic E-state index is -0.275. The van der Waals surface area contributed by atoms with E-state index < -0.39 is 0 Å². The molecule has 0 aliphatic carbocycles. The first-order chi connectivity index (χ1) is 3.77. The number of thioether (sulfide) groups is 1. The Bertz CT molecular complexity index is 74.8. The Balaban J connectivity index is 2.82. The van der Waals surface area contributed by atoms with E-state index in [9.17, 15) is 4.39 Å². The molecule has 0 amide bonds. The van der Waals surface area contributed by atoms with Gasteiger partial charge in [0.2, 0.25) is 0 Å². The molecule has 0 aliphatic heterocycles. The van der Waals surface area contributed by atoms with Crippen molar-refractivity contribution in [1.29, 1.82) is 0 Å². The van der Waals surface area contributed by atoms with Crippen LogP contribution in [0.1, 0.15) is 0 Å². The second-order valence-electron chi connectivity index (χ2n) is 1.36. The van der Waals surface area contributed by atoms with Crippen LogP contribution < -0.4 is 5.73 Å². The van der Waals surface area contributed by atoms with Crippen molar-refractivity contribution in [3.8, 4) is 0 Å². The van der Waals surface area contributed by atoms with Crippen molar-refractivity contribution >= 4 is 11.8 Å². The van der Waals surface area contributed by atoms with E-state index in [-0.39, 0.29) is 5.83 Å². The smallest absolute Gasteiger partial charge is 0.103 e. The Hall–Kier alpha value is -0.0200. The zero-order chi connectivity index (χ0) is 6.41. The van der Waals surface area contributed by atoms with Crippen molar-refractivity contribution in [3.63, 3.8) is 0 Å². The molecule has 0 aromatic carbocycles. The van der Waals surface area contributed by atoms with Crippen LogP contribution >= 0.6 is 11.8 Å².